The van der Waals surface area contributed by atoms with Crippen molar-refractivity contribution < 1.29 is 5.11 Å². The van der Waals surface area contributed by atoms with Crippen molar-refractivity contribution in [3.05, 3.63) is 30.0 Å². The lowest BCUT2D eigenvalue weighted by atomic mass is 10.1. The van der Waals surface area contributed by atoms with Crippen LogP contribution in [0.2, 0.25) is 0 Å². The molecule has 98 valence electrons. The van der Waals surface area contributed by atoms with E-state index in [2.05, 4.69) is 23.5 Å². The van der Waals surface area contributed by atoms with E-state index in [1.165, 1.54) is 0 Å². The molecule has 1 heterocycles. The maximum atomic E-state index is 10.0. The van der Waals surface area contributed by atoms with Gasteiger partial charge < -0.3 is 5.11 Å². The van der Waals surface area contributed by atoms with Crippen LogP contribution in [0.25, 0.3) is 10.9 Å². The zero-order valence-corrected chi connectivity index (χ0v) is 11.8. The van der Waals surface area contributed by atoms with Crippen molar-refractivity contribution in [2.45, 2.75) is 25.4 Å². The Hall–Kier alpha value is -1.00. The summed E-state index contributed by atoms with van der Waals surface area (Å²) in [6, 6.07) is 8.18. The van der Waals surface area contributed by atoms with Crippen LogP contribution in [-0.4, -0.2) is 33.0 Å². The predicted molar refractivity (Wildman–Crippen MR) is 78.0 cm³/mol. The molecular formula is C14H20N2OS. The lowest BCUT2D eigenvalue weighted by molar-refractivity contribution is 0.163. The van der Waals surface area contributed by atoms with Crippen LogP contribution in [0.15, 0.2) is 24.3 Å². The Kier molecular flexibility index (Phi) is 4.66. The molecular weight excluding hydrogens is 244 g/mol. The summed E-state index contributed by atoms with van der Waals surface area (Å²) in [5.74, 6) is 1.11. The average molecular weight is 264 g/mol. The minimum Gasteiger partial charge on any atom is -0.393 e. The number of nitrogens with zero attached hydrogens (tertiary/aromatic N) is 2. The number of rotatable bonds is 6. The summed E-state index contributed by atoms with van der Waals surface area (Å²) in [6.07, 6.45) is 4.38. The van der Waals surface area contributed by atoms with Crippen molar-refractivity contribution in [3.63, 3.8) is 0 Å². The minimum atomic E-state index is -0.282. The zero-order chi connectivity index (χ0) is 13.0. The van der Waals surface area contributed by atoms with E-state index in [9.17, 15) is 5.11 Å². The van der Waals surface area contributed by atoms with Crippen LogP contribution < -0.4 is 0 Å². The second kappa shape index (κ2) is 6.25. The molecule has 1 unspecified atom stereocenters. The molecule has 0 spiro atoms. The number of aromatic nitrogens is 2. The van der Waals surface area contributed by atoms with Gasteiger partial charge in [0.2, 0.25) is 0 Å². The molecule has 2 rings (SSSR count). The fourth-order valence-corrected chi connectivity index (χ4v) is 2.68. The molecule has 2 aromatic rings. The Labute approximate surface area is 112 Å². The van der Waals surface area contributed by atoms with Gasteiger partial charge in [-0.25, -0.2) is 0 Å². The van der Waals surface area contributed by atoms with Gasteiger partial charge >= 0.3 is 0 Å². The molecule has 1 aromatic heterocycles. The first-order valence-corrected chi connectivity index (χ1v) is 7.69. The fourth-order valence-electron chi connectivity index (χ4n) is 2.23. The number of aliphatic hydroxyl groups excluding tert-OH is 1. The smallest absolute Gasteiger partial charge is 0.0728 e. The van der Waals surface area contributed by atoms with E-state index in [0.29, 0.717) is 6.42 Å². The van der Waals surface area contributed by atoms with E-state index < -0.39 is 0 Å². The summed E-state index contributed by atoms with van der Waals surface area (Å²) >= 11 is 1.83. The molecule has 0 amide bonds. The summed E-state index contributed by atoms with van der Waals surface area (Å²) < 4.78 is 1.89. The van der Waals surface area contributed by atoms with E-state index in [0.717, 1.165) is 35.2 Å². The van der Waals surface area contributed by atoms with Crippen molar-refractivity contribution in [3.8, 4) is 0 Å². The summed E-state index contributed by atoms with van der Waals surface area (Å²) in [4.78, 5) is 0. The molecule has 3 nitrogen and oxygen atoms in total. The summed E-state index contributed by atoms with van der Waals surface area (Å²) in [5.41, 5.74) is 2.13. The molecule has 0 bridgehead atoms. The van der Waals surface area contributed by atoms with E-state index in [4.69, 9.17) is 0 Å². The summed E-state index contributed by atoms with van der Waals surface area (Å²) in [6.45, 7) is 0. The molecule has 0 aliphatic carbocycles. The highest BCUT2D eigenvalue weighted by molar-refractivity contribution is 7.98. The number of aliphatic hydroxyl groups is 1. The van der Waals surface area contributed by atoms with Gasteiger partial charge in [0.1, 0.15) is 0 Å². The third-order valence-corrected chi connectivity index (χ3v) is 3.85. The number of thioether (sulfide) groups is 1. The predicted octanol–water partition coefficient (Wildman–Crippen LogP) is 2.62. The van der Waals surface area contributed by atoms with E-state index in [-0.39, 0.29) is 6.10 Å². The Morgan fingerprint density at radius 3 is 2.94 bits per heavy atom. The molecule has 0 saturated heterocycles. The Morgan fingerprint density at radius 1 is 1.39 bits per heavy atom. The lowest BCUT2D eigenvalue weighted by Crippen LogP contribution is -2.11. The Bertz CT molecular complexity index is 509. The maximum absolute atomic E-state index is 10.0. The highest BCUT2D eigenvalue weighted by atomic mass is 32.2. The lowest BCUT2D eigenvalue weighted by Gasteiger charge is -2.08. The molecule has 1 atom stereocenters. The van der Waals surface area contributed by atoms with Gasteiger partial charge in [-0.05, 0) is 30.9 Å². The molecule has 0 fully saturated rings. The minimum absolute atomic E-state index is 0.282. The highest BCUT2D eigenvalue weighted by Gasteiger charge is 2.12. The monoisotopic (exact) mass is 264 g/mol. The Balaban J connectivity index is 2.07. The van der Waals surface area contributed by atoms with Gasteiger partial charge in [0.05, 0.1) is 17.3 Å². The van der Waals surface area contributed by atoms with Gasteiger partial charge in [0.25, 0.3) is 0 Å². The van der Waals surface area contributed by atoms with Crippen molar-refractivity contribution in [1.29, 1.82) is 0 Å². The van der Waals surface area contributed by atoms with E-state index in [1.807, 2.05) is 35.6 Å². The largest absolute Gasteiger partial charge is 0.393 e. The second-order valence-electron chi connectivity index (χ2n) is 4.58. The SMILES string of the molecule is CSCCCC(O)Cc1nn(C)c2ccccc12. The van der Waals surface area contributed by atoms with Gasteiger partial charge in [-0.3, -0.25) is 4.68 Å². The quantitative estimate of drug-likeness (QED) is 0.815. The van der Waals surface area contributed by atoms with Crippen LogP contribution in [-0.2, 0) is 13.5 Å². The standard InChI is InChI=1S/C14H20N2OS/c1-16-14-8-4-3-7-12(14)13(15-16)10-11(17)6-5-9-18-2/h3-4,7-8,11,17H,5-6,9-10H2,1-2H3. The van der Waals surface area contributed by atoms with Crippen molar-refractivity contribution in [1.82, 2.24) is 9.78 Å². The number of hydrogen-bond donors (Lipinski definition) is 1. The normalized spacial score (nSPS) is 13.1. The maximum Gasteiger partial charge on any atom is 0.0728 e. The van der Waals surface area contributed by atoms with Crippen LogP contribution in [0.3, 0.4) is 0 Å². The number of hydrogen-bond acceptors (Lipinski definition) is 3. The second-order valence-corrected chi connectivity index (χ2v) is 5.57. The van der Waals surface area contributed by atoms with Crippen molar-refractivity contribution in [2.24, 2.45) is 7.05 Å². The molecule has 0 aliphatic rings. The zero-order valence-electron chi connectivity index (χ0n) is 11.0. The van der Waals surface area contributed by atoms with Crippen LogP contribution in [0, 0.1) is 0 Å². The molecule has 1 N–H and O–H groups in total. The van der Waals surface area contributed by atoms with Gasteiger partial charge in [-0.15, -0.1) is 0 Å². The van der Waals surface area contributed by atoms with Gasteiger partial charge in [-0.1, -0.05) is 18.2 Å². The molecule has 18 heavy (non-hydrogen) atoms. The first kappa shape index (κ1) is 13.4. The third-order valence-electron chi connectivity index (χ3n) is 3.15. The number of para-hydroxylation sites is 1. The van der Waals surface area contributed by atoms with Gasteiger partial charge in [0, 0.05) is 18.9 Å². The van der Waals surface area contributed by atoms with E-state index in [1.54, 1.807) is 0 Å². The summed E-state index contributed by atoms with van der Waals surface area (Å²) in [5, 5.41) is 15.7. The fraction of sp³-hybridized carbons (Fsp3) is 0.500. The molecule has 0 radical (unpaired) electrons. The van der Waals surface area contributed by atoms with E-state index >= 15 is 0 Å². The van der Waals surface area contributed by atoms with Crippen LogP contribution >= 0.6 is 11.8 Å². The highest BCUT2D eigenvalue weighted by Crippen LogP contribution is 2.19. The first-order valence-electron chi connectivity index (χ1n) is 6.30. The summed E-state index contributed by atoms with van der Waals surface area (Å²) in [7, 11) is 1.95. The van der Waals surface area contributed by atoms with Crippen molar-refractivity contribution >= 4 is 22.7 Å². The molecule has 0 saturated carbocycles. The van der Waals surface area contributed by atoms with Gasteiger partial charge in [0.15, 0.2) is 0 Å². The number of fused-ring (bicyclic) bond motifs is 1. The molecule has 1 aromatic carbocycles. The average Bonchev–Trinajstić information content (AvgIpc) is 2.67. The van der Waals surface area contributed by atoms with Crippen LogP contribution in [0.4, 0.5) is 0 Å². The van der Waals surface area contributed by atoms with Crippen molar-refractivity contribution in [2.75, 3.05) is 12.0 Å². The molecule has 0 aliphatic heterocycles. The van der Waals surface area contributed by atoms with Crippen LogP contribution in [0.1, 0.15) is 18.5 Å². The number of benzene rings is 1. The number of aryl methyl sites for hydroxylation is 1. The molecule has 4 heteroatoms. The van der Waals surface area contributed by atoms with Gasteiger partial charge in [-0.2, -0.15) is 16.9 Å². The Morgan fingerprint density at radius 2 is 2.17 bits per heavy atom. The third kappa shape index (κ3) is 3.06. The topological polar surface area (TPSA) is 38.1 Å². The van der Waals surface area contributed by atoms with Crippen LogP contribution in [0.5, 0.6) is 0 Å². The first-order chi connectivity index (χ1) is 8.72.